The van der Waals surface area contributed by atoms with Crippen LogP contribution in [0.2, 0.25) is 0 Å². The van der Waals surface area contributed by atoms with Crippen LogP contribution < -0.4 is 21.5 Å². The molecule has 194 valence electrons. The summed E-state index contributed by atoms with van der Waals surface area (Å²) in [4.78, 5) is 12.5. The number of aromatic hydroxyl groups is 1. The molecule has 0 unspecified atom stereocenters. The lowest BCUT2D eigenvalue weighted by Crippen LogP contribution is -3.00. The summed E-state index contributed by atoms with van der Waals surface area (Å²) >= 11 is 0. The number of benzene rings is 2. The number of rotatable bonds is 9. The Morgan fingerprint density at radius 1 is 1.06 bits per heavy atom. The number of esters is 1. The first-order valence-corrected chi connectivity index (χ1v) is 13.1. The van der Waals surface area contributed by atoms with Gasteiger partial charge in [0.15, 0.2) is 0 Å². The maximum absolute atomic E-state index is 12.5. The second-order valence-electron chi connectivity index (χ2n) is 9.95. The molecule has 1 aliphatic carbocycles. The molecule has 5 nitrogen and oxygen atoms in total. The number of phenolic OH excluding ortho intramolecular Hbond substituents is 1. The molecular weight excluding hydrogens is 516 g/mol. The first-order valence-electron chi connectivity index (χ1n) is 13.1. The number of carbonyl (C=O) groups excluding carboxylic acids is 1. The molecule has 2 aromatic carbocycles. The van der Waals surface area contributed by atoms with Crippen LogP contribution in [-0.4, -0.2) is 22.2 Å². The van der Waals surface area contributed by atoms with Crippen molar-refractivity contribution in [2.75, 3.05) is 6.61 Å². The highest BCUT2D eigenvalue weighted by molar-refractivity contribution is 5.73. The van der Waals surface area contributed by atoms with Crippen LogP contribution in [0.4, 0.5) is 0 Å². The number of ether oxygens (including phenoxy) is 1. The zero-order chi connectivity index (χ0) is 24.6. The molecular formula is C30H39BrN2O3. The predicted octanol–water partition coefficient (Wildman–Crippen LogP) is 2.76. The molecule has 0 spiro atoms. The highest BCUT2D eigenvalue weighted by atomic mass is 79.9. The maximum Gasteiger partial charge on any atom is 0.310 e. The summed E-state index contributed by atoms with van der Waals surface area (Å²) in [5.74, 6) is 1.58. The lowest BCUT2D eigenvalue weighted by Gasteiger charge is -2.18. The van der Waals surface area contributed by atoms with E-state index in [0.29, 0.717) is 18.1 Å². The number of carbonyl (C=O) groups is 1. The molecule has 0 saturated heterocycles. The molecule has 1 aliphatic rings. The van der Waals surface area contributed by atoms with Gasteiger partial charge in [-0.1, -0.05) is 73.7 Å². The number of hydrogen-bond acceptors (Lipinski definition) is 3. The molecule has 1 fully saturated rings. The van der Waals surface area contributed by atoms with E-state index in [-0.39, 0.29) is 35.1 Å². The number of hydrogen-bond donors (Lipinski definition) is 1. The molecule has 0 amide bonds. The third kappa shape index (κ3) is 7.45. The van der Waals surface area contributed by atoms with E-state index in [1.54, 1.807) is 0 Å². The van der Waals surface area contributed by atoms with Crippen molar-refractivity contribution in [1.82, 2.24) is 4.57 Å². The predicted molar refractivity (Wildman–Crippen MR) is 137 cm³/mol. The number of phenols is 1. The first kappa shape index (κ1) is 28.0. The molecule has 36 heavy (non-hydrogen) atoms. The highest BCUT2D eigenvalue weighted by Crippen LogP contribution is 2.37. The number of aryl methyl sites for hydroxylation is 2. The number of imidazole rings is 1. The van der Waals surface area contributed by atoms with Gasteiger partial charge in [-0.05, 0) is 36.8 Å². The van der Waals surface area contributed by atoms with Crippen LogP contribution in [0.3, 0.4) is 0 Å². The summed E-state index contributed by atoms with van der Waals surface area (Å²) < 4.78 is 9.95. The maximum atomic E-state index is 12.5. The van der Waals surface area contributed by atoms with E-state index in [4.69, 9.17) is 4.74 Å². The van der Waals surface area contributed by atoms with E-state index in [2.05, 4.69) is 59.6 Å². The van der Waals surface area contributed by atoms with Crippen LogP contribution in [0.5, 0.6) is 5.75 Å². The Bertz CT molecular complexity index is 1120. The van der Waals surface area contributed by atoms with E-state index in [0.717, 1.165) is 37.9 Å². The van der Waals surface area contributed by atoms with E-state index >= 15 is 0 Å². The molecule has 0 radical (unpaired) electrons. The Hall–Kier alpha value is -2.60. The van der Waals surface area contributed by atoms with Crippen LogP contribution in [0.15, 0.2) is 54.9 Å². The van der Waals surface area contributed by atoms with Gasteiger partial charge in [0.1, 0.15) is 24.7 Å². The molecule has 0 aliphatic heterocycles. The Kier molecular flexibility index (Phi) is 10.6. The quantitative estimate of drug-likeness (QED) is 0.191. The minimum Gasteiger partial charge on any atom is -1.00 e. The second kappa shape index (κ2) is 13.6. The van der Waals surface area contributed by atoms with Crippen molar-refractivity contribution in [2.24, 2.45) is 0 Å². The van der Waals surface area contributed by atoms with Gasteiger partial charge in [0.25, 0.3) is 5.82 Å². The minimum absolute atomic E-state index is 0. The molecule has 4 rings (SSSR count). The molecule has 0 bridgehead atoms. The monoisotopic (exact) mass is 554 g/mol. The zero-order valence-electron chi connectivity index (χ0n) is 21.6. The third-order valence-electron chi connectivity index (χ3n) is 7.32. The Labute approximate surface area is 225 Å². The fourth-order valence-corrected chi connectivity index (χ4v) is 5.14. The zero-order valence-corrected chi connectivity index (χ0v) is 23.2. The summed E-state index contributed by atoms with van der Waals surface area (Å²) in [5.41, 5.74) is 4.22. The van der Waals surface area contributed by atoms with Gasteiger partial charge in [-0.3, -0.25) is 4.79 Å². The van der Waals surface area contributed by atoms with Crippen molar-refractivity contribution in [3.63, 3.8) is 0 Å². The van der Waals surface area contributed by atoms with Crippen molar-refractivity contribution >= 4 is 5.97 Å². The summed E-state index contributed by atoms with van der Waals surface area (Å²) in [7, 11) is 0. The van der Waals surface area contributed by atoms with Gasteiger partial charge in [-0.2, -0.15) is 0 Å². The molecule has 1 heterocycles. The van der Waals surface area contributed by atoms with Crippen LogP contribution in [-0.2, 0) is 29.0 Å². The smallest absolute Gasteiger partial charge is 0.310 e. The summed E-state index contributed by atoms with van der Waals surface area (Å²) in [6, 6.07) is 14.4. The average molecular weight is 556 g/mol. The van der Waals surface area contributed by atoms with E-state index in [9.17, 15) is 9.90 Å². The highest BCUT2D eigenvalue weighted by Gasteiger charge is 2.20. The van der Waals surface area contributed by atoms with Gasteiger partial charge in [0, 0.05) is 18.9 Å². The van der Waals surface area contributed by atoms with Gasteiger partial charge in [-0.15, -0.1) is 0 Å². The van der Waals surface area contributed by atoms with Crippen molar-refractivity contribution in [2.45, 2.75) is 84.2 Å². The molecule has 6 heteroatoms. The van der Waals surface area contributed by atoms with Crippen LogP contribution >= 0.6 is 0 Å². The van der Waals surface area contributed by atoms with E-state index < -0.39 is 0 Å². The van der Waals surface area contributed by atoms with E-state index in [1.165, 1.54) is 42.6 Å². The number of nitrogens with zero attached hydrogens (tertiary/aromatic N) is 2. The van der Waals surface area contributed by atoms with Crippen LogP contribution in [0.1, 0.15) is 78.9 Å². The van der Waals surface area contributed by atoms with E-state index in [1.807, 2.05) is 18.2 Å². The Balaban J connectivity index is 0.00000361. The van der Waals surface area contributed by atoms with Crippen molar-refractivity contribution < 1.29 is 36.2 Å². The fraction of sp³-hybridized carbons (Fsp3) is 0.467. The molecule has 0 atom stereocenters. The SMILES string of the molecule is Cc1ccc(C[n+]2ccn(CCCOC(=O)Cc3cccc(C4CCCCCC4)c3O)c2C)cc1.[Br-]. The lowest BCUT2D eigenvalue weighted by molar-refractivity contribution is -0.694. The van der Waals surface area contributed by atoms with Crippen molar-refractivity contribution in [1.29, 1.82) is 0 Å². The first-order chi connectivity index (χ1) is 17.0. The number of aromatic nitrogens is 2. The van der Waals surface area contributed by atoms with Gasteiger partial charge in [-0.25, -0.2) is 9.13 Å². The average Bonchev–Trinajstić information content (AvgIpc) is 3.03. The number of halogens is 1. The minimum atomic E-state index is -0.281. The van der Waals surface area contributed by atoms with Crippen LogP contribution in [0, 0.1) is 13.8 Å². The van der Waals surface area contributed by atoms with Crippen molar-refractivity contribution in [3.8, 4) is 5.75 Å². The standard InChI is InChI=1S/C30H38N2O3.BrH/c1-23-13-15-25(16-14-23)22-32-19-18-31(24(32)2)17-8-20-35-29(33)21-27-11-7-12-28(30(27)34)26-9-5-3-4-6-10-26;/h7,11-16,18-19,26H,3-6,8-10,17,20-22H2,1-2H3;1H. The third-order valence-corrected chi connectivity index (χ3v) is 7.32. The molecule has 3 aromatic rings. The van der Waals surface area contributed by atoms with Gasteiger partial charge in [0.2, 0.25) is 0 Å². The van der Waals surface area contributed by atoms with Gasteiger partial charge < -0.3 is 26.8 Å². The van der Waals surface area contributed by atoms with Gasteiger partial charge >= 0.3 is 5.97 Å². The Morgan fingerprint density at radius 3 is 2.50 bits per heavy atom. The molecule has 1 saturated carbocycles. The molecule has 1 aromatic heterocycles. The lowest BCUT2D eigenvalue weighted by atomic mass is 9.89. The molecule has 1 N–H and O–H groups in total. The number of para-hydroxylation sites is 1. The summed E-state index contributed by atoms with van der Waals surface area (Å²) in [5, 5.41) is 10.8. The largest absolute Gasteiger partial charge is 1.00 e. The summed E-state index contributed by atoms with van der Waals surface area (Å²) in [6.45, 7) is 6.23. The normalized spacial score (nSPS) is 14.2. The Morgan fingerprint density at radius 2 is 1.78 bits per heavy atom. The van der Waals surface area contributed by atoms with Crippen molar-refractivity contribution in [3.05, 3.63) is 82.9 Å². The topological polar surface area (TPSA) is 55.3 Å². The van der Waals surface area contributed by atoms with Crippen LogP contribution in [0.25, 0.3) is 0 Å². The summed E-state index contributed by atoms with van der Waals surface area (Å²) in [6.07, 6.45) is 12.3. The second-order valence-corrected chi connectivity index (χ2v) is 9.95. The fourth-order valence-electron chi connectivity index (χ4n) is 5.14. The van der Waals surface area contributed by atoms with Gasteiger partial charge in [0.05, 0.1) is 19.6 Å².